The Morgan fingerprint density at radius 3 is 1.83 bits per heavy atom. The summed E-state index contributed by atoms with van der Waals surface area (Å²) in [6, 6.07) is 0. The minimum Gasteiger partial charge on any atom is -0.226 e. The van der Waals surface area contributed by atoms with Crippen LogP contribution in [0.15, 0.2) is 10.9 Å². The van der Waals surface area contributed by atoms with E-state index in [2.05, 4.69) is 6.58 Å². The normalized spacial score (nSPS) is 9.00. The van der Waals surface area contributed by atoms with Gasteiger partial charge in [-0.15, -0.1) is 0 Å². The lowest BCUT2D eigenvalue weighted by Crippen LogP contribution is -1.66. The summed E-state index contributed by atoms with van der Waals surface area (Å²) in [7, 11) is -2.59. The van der Waals surface area contributed by atoms with Crippen LogP contribution in [0.3, 0.4) is 0 Å². The average molecular weight is 127 g/mol. The third-order valence-electron chi connectivity index (χ3n) is 0.198. The lowest BCUT2D eigenvalue weighted by Gasteiger charge is -1.67. The van der Waals surface area contributed by atoms with E-state index in [9.17, 15) is 8.42 Å². The van der Waals surface area contributed by atoms with Gasteiger partial charge in [-0.25, -0.2) is 8.42 Å². The summed E-state index contributed by atoms with van der Waals surface area (Å²) in [5.74, 6) is 0. The maximum Gasteiger partial charge on any atom is 0.178 e. The molecule has 0 amide bonds. The van der Waals surface area contributed by atoms with Crippen molar-refractivity contribution < 1.29 is 8.42 Å². The van der Waals surface area contributed by atoms with Crippen LogP contribution in [0.5, 0.6) is 0 Å². The topological polar surface area (TPSA) is 34.1 Å². The molecular weight excluding hydrogens is 124 g/mol. The second-order valence-electron chi connectivity index (χ2n) is 0.633. The summed E-state index contributed by atoms with van der Waals surface area (Å²) in [6.07, 6.45) is 0. The Morgan fingerprint density at radius 2 is 1.83 bits per heavy atom. The first kappa shape index (κ1) is 5.98. The molecule has 0 fully saturated rings. The van der Waals surface area contributed by atoms with E-state index in [4.69, 9.17) is 11.6 Å². The van der Waals surface area contributed by atoms with Crippen LogP contribution in [0.1, 0.15) is 0 Å². The lowest BCUT2D eigenvalue weighted by atomic mass is 11.3. The van der Waals surface area contributed by atoms with Gasteiger partial charge in [0.05, 0.1) is 0 Å². The zero-order valence-corrected chi connectivity index (χ0v) is 4.50. The van der Waals surface area contributed by atoms with Crippen molar-refractivity contribution in [1.82, 2.24) is 0 Å². The third-order valence-corrected chi connectivity index (χ3v) is 1.01. The van der Waals surface area contributed by atoms with Gasteiger partial charge in [-0.2, -0.15) is 0 Å². The van der Waals surface area contributed by atoms with Crippen molar-refractivity contribution in [3.63, 3.8) is 0 Å². The first-order chi connectivity index (χ1) is 2.64. The maximum absolute atomic E-state index is 9.50. The van der Waals surface area contributed by atoms with Gasteiger partial charge in [-0.05, 0) is 0 Å². The molecule has 0 N–H and O–H groups in total. The molecule has 4 heteroatoms. The van der Waals surface area contributed by atoms with Crippen LogP contribution in [-0.2, 0) is 10.7 Å². The predicted octanol–water partition coefficient (Wildman–Crippen LogP) is 0.308. The molecule has 0 radical (unpaired) electrons. The molecule has 0 rings (SSSR count). The second kappa shape index (κ2) is 2.21. The van der Waals surface area contributed by atoms with Crippen molar-refractivity contribution in [2.45, 2.75) is 0 Å². The van der Waals surface area contributed by atoms with Crippen molar-refractivity contribution in [1.29, 1.82) is 0 Å². The zero-order valence-electron chi connectivity index (χ0n) is 2.85. The smallest absolute Gasteiger partial charge is 0.178 e. The predicted molar refractivity (Wildman–Crippen MR) is 25.3 cm³/mol. The molecular formula is C2H3ClO2S. The van der Waals surface area contributed by atoms with E-state index in [1.165, 1.54) is 0 Å². The Kier molecular flexibility index (Phi) is 2.20. The summed E-state index contributed by atoms with van der Waals surface area (Å²) in [6.45, 7) is 2.92. The SMILES string of the molecule is C=C(Cl)[SH](=O)=O. The molecule has 0 aliphatic rings. The molecule has 0 aliphatic carbocycles. The average Bonchev–Trinajstić information content (AvgIpc) is 1.36. The maximum atomic E-state index is 9.50. The molecule has 0 atom stereocenters. The lowest BCUT2D eigenvalue weighted by molar-refractivity contribution is 0.621. The van der Waals surface area contributed by atoms with Gasteiger partial charge in [0.2, 0.25) is 0 Å². The first-order valence-electron chi connectivity index (χ1n) is 1.13. The summed E-state index contributed by atoms with van der Waals surface area (Å²) in [4.78, 5) is 0. The fourth-order valence-electron chi connectivity index (χ4n) is 0. The third kappa shape index (κ3) is 2.23. The van der Waals surface area contributed by atoms with Gasteiger partial charge in [0, 0.05) is 0 Å². The number of thiol groups is 1. The van der Waals surface area contributed by atoms with Crippen molar-refractivity contribution >= 4 is 22.3 Å². The Balaban J connectivity index is 3.94. The molecule has 0 aromatic carbocycles. The highest BCUT2D eigenvalue weighted by Crippen LogP contribution is 1.92. The molecule has 6 heavy (non-hydrogen) atoms. The Bertz CT molecular complexity index is 118. The van der Waals surface area contributed by atoms with Crippen molar-refractivity contribution in [3.05, 3.63) is 10.9 Å². The fourth-order valence-corrected chi connectivity index (χ4v) is 0. The molecule has 2 nitrogen and oxygen atoms in total. The summed E-state index contributed by atoms with van der Waals surface area (Å²) in [5, 5.41) is 0. The Hall–Kier alpha value is -0.0200. The van der Waals surface area contributed by atoms with E-state index >= 15 is 0 Å². The van der Waals surface area contributed by atoms with Crippen molar-refractivity contribution in [2.24, 2.45) is 0 Å². The van der Waals surface area contributed by atoms with Crippen molar-refractivity contribution in [3.8, 4) is 0 Å². The summed E-state index contributed by atoms with van der Waals surface area (Å²) >= 11 is 4.82. The Labute approximate surface area is 42.4 Å². The number of rotatable bonds is 1. The first-order valence-corrected chi connectivity index (χ1v) is 2.69. The quantitative estimate of drug-likeness (QED) is 0.513. The van der Waals surface area contributed by atoms with Gasteiger partial charge >= 0.3 is 0 Å². The van der Waals surface area contributed by atoms with Crippen LogP contribution in [0.4, 0.5) is 0 Å². The summed E-state index contributed by atoms with van der Waals surface area (Å²) < 4.78 is 18.7. The molecule has 0 saturated heterocycles. The van der Waals surface area contributed by atoms with Crippen LogP contribution in [0, 0.1) is 0 Å². The van der Waals surface area contributed by atoms with Crippen LogP contribution in [0.2, 0.25) is 0 Å². The molecule has 0 aromatic rings. The number of hydrogen-bond acceptors (Lipinski definition) is 2. The second-order valence-corrected chi connectivity index (χ2v) is 2.41. The number of halogens is 1. The van der Waals surface area contributed by atoms with E-state index < -0.39 is 10.7 Å². The van der Waals surface area contributed by atoms with Crippen LogP contribution >= 0.6 is 11.6 Å². The fraction of sp³-hybridized carbons (Fsp3) is 0. The van der Waals surface area contributed by atoms with Gasteiger partial charge in [0.15, 0.2) is 10.7 Å². The Morgan fingerprint density at radius 1 is 1.67 bits per heavy atom. The minimum absolute atomic E-state index is 0.315. The van der Waals surface area contributed by atoms with E-state index in [-0.39, 0.29) is 4.36 Å². The van der Waals surface area contributed by atoms with Crippen molar-refractivity contribution in [2.75, 3.05) is 0 Å². The van der Waals surface area contributed by atoms with E-state index in [0.717, 1.165) is 0 Å². The molecule has 36 valence electrons. The molecule has 0 heterocycles. The minimum atomic E-state index is -2.59. The molecule has 0 saturated carbocycles. The zero-order chi connectivity index (χ0) is 5.15. The molecule has 0 aromatic heterocycles. The standard InChI is InChI=1S/C2H3ClO2S/c1-2(3)6(4)5/h6H,1H2. The highest BCUT2D eigenvalue weighted by Gasteiger charge is 1.81. The molecule has 0 aliphatic heterocycles. The van der Waals surface area contributed by atoms with E-state index in [0.29, 0.717) is 0 Å². The van der Waals surface area contributed by atoms with E-state index in [1.54, 1.807) is 0 Å². The van der Waals surface area contributed by atoms with E-state index in [1.807, 2.05) is 0 Å². The molecule has 0 spiro atoms. The van der Waals surface area contributed by atoms with Gasteiger partial charge in [0.25, 0.3) is 0 Å². The van der Waals surface area contributed by atoms with Crippen LogP contribution in [0.25, 0.3) is 0 Å². The van der Waals surface area contributed by atoms with Crippen LogP contribution < -0.4 is 0 Å². The largest absolute Gasteiger partial charge is 0.226 e. The summed E-state index contributed by atoms with van der Waals surface area (Å²) in [5.41, 5.74) is 0. The highest BCUT2D eigenvalue weighted by atomic mass is 35.5. The molecule has 0 bridgehead atoms. The van der Waals surface area contributed by atoms with Gasteiger partial charge in [0.1, 0.15) is 4.36 Å². The molecule has 0 unspecified atom stereocenters. The van der Waals surface area contributed by atoms with Crippen LogP contribution in [-0.4, -0.2) is 8.42 Å². The highest BCUT2D eigenvalue weighted by molar-refractivity contribution is 7.78. The number of hydrogen-bond donors (Lipinski definition) is 1. The van der Waals surface area contributed by atoms with Gasteiger partial charge < -0.3 is 0 Å². The monoisotopic (exact) mass is 126 g/mol. The van der Waals surface area contributed by atoms with Gasteiger partial charge in [-0.3, -0.25) is 0 Å². The van der Waals surface area contributed by atoms with Gasteiger partial charge in [-0.1, -0.05) is 18.2 Å².